The first-order valence-electron chi connectivity index (χ1n) is 7.57. The molecule has 1 saturated carbocycles. The minimum Gasteiger partial charge on any atom is -0.497 e. The molecule has 0 spiro atoms. The standard InChI is InChI=1S/C17H19N3O3/c1-23-13-5-7-19-15(10-13)17(22)20-16(11-8-12(21)9-11)14-4-2-3-6-18-14/h2-7,10-12,16,21H,8-9H2,1H3,(H,20,22). The van der Waals surface area contributed by atoms with Crippen LogP contribution < -0.4 is 10.1 Å². The Morgan fingerprint density at radius 3 is 2.78 bits per heavy atom. The van der Waals surface area contributed by atoms with E-state index < -0.39 is 0 Å². The second-order valence-electron chi connectivity index (χ2n) is 5.67. The van der Waals surface area contributed by atoms with Crippen LogP contribution in [0.3, 0.4) is 0 Å². The van der Waals surface area contributed by atoms with Crippen molar-refractivity contribution >= 4 is 5.91 Å². The fourth-order valence-electron chi connectivity index (χ4n) is 2.77. The number of hydrogen-bond acceptors (Lipinski definition) is 5. The van der Waals surface area contributed by atoms with Crippen molar-refractivity contribution in [1.29, 1.82) is 0 Å². The van der Waals surface area contributed by atoms with E-state index in [4.69, 9.17) is 4.74 Å². The third-order valence-corrected chi connectivity index (χ3v) is 4.11. The number of ether oxygens (including phenoxy) is 1. The Morgan fingerprint density at radius 1 is 1.30 bits per heavy atom. The maximum absolute atomic E-state index is 12.5. The lowest BCUT2D eigenvalue weighted by molar-refractivity contribution is 0.0227. The van der Waals surface area contributed by atoms with Gasteiger partial charge in [-0.05, 0) is 37.0 Å². The van der Waals surface area contributed by atoms with Crippen molar-refractivity contribution in [2.24, 2.45) is 5.92 Å². The van der Waals surface area contributed by atoms with Crippen LogP contribution >= 0.6 is 0 Å². The van der Waals surface area contributed by atoms with Gasteiger partial charge in [-0.3, -0.25) is 14.8 Å². The van der Waals surface area contributed by atoms with E-state index in [-0.39, 0.29) is 24.0 Å². The number of aliphatic hydroxyl groups excluding tert-OH is 1. The quantitative estimate of drug-likeness (QED) is 0.878. The van der Waals surface area contributed by atoms with Crippen LogP contribution in [0.1, 0.15) is 35.1 Å². The number of carbonyl (C=O) groups excluding carboxylic acids is 1. The highest BCUT2D eigenvalue weighted by molar-refractivity contribution is 5.92. The van der Waals surface area contributed by atoms with Crippen LogP contribution in [0.25, 0.3) is 0 Å². The molecule has 6 heteroatoms. The minimum atomic E-state index is -0.293. The predicted octanol–water partition coefficient (Wildman–Crippen LogP) is 1.73. The average Bonchev–Trinajstić information content (AvgIpc) is 2.58. The molecule has 3 rings (SSSR count). The Balaban J connectivity index is 1.79. The molecule has 1 unspecified atom stereocenters. The monoisotopic (exact) mass is 313 g/mol. The highest BCUT2D eigenvalue weighted by Crippen LogP contribution is 2.37. The summed E-state index contributed by atoms with van der Waals surface area (Å²) in [5, 5.41) is 12.6. The predicted molar refractivity (Wildman–Crippen MR) is 84.0 cm³/mol. The molecular formula is C17H19N3O3. The van der Waals surface area contributed by atoms with Gasteiger partial charge in [-0.2, -0.15) is 0 Å². The average molecular weight is 313 g/mol. The SMILES string of the molecule is COc1ccnc(C(=O)NC(c2ccccn2)C2CC(O)C2)c1. The van der Waals surface area contributed by atoms with E-state index >= 15 is 0 Å². The van der Waals surface area contributed by atoms with Gasteiger partial charge in [0.05, 0.1) is 24.9 Å². The first-order chi connectivity index (χ1) is 11.2. The molecule has 23 heavy (non-hydrogen) atoms. The highest BCUT2D eigenvalue weighted by atomic mass is 16.5. The molecule has 0 bridgehead atoms. The number of nitrogens with one attached hydrogen (secondary N) is 1. The van der Waals surface area contributed by atoms with E-state index in [1.807, 2.05) is 18.2 Å². The number of nitrogens with zero attached hydrogens (tertiary/aromatic N) is 2. The molecule has 120 valence electrons. The number of rotatable bonds is 5. The van der Waals surface area contributed by atoms with Crippen molar-refractivity contribution in [1.82, 2.24) is 15.3 Å². The summed E-state index contributed by atoms with van der Waals surface area (Å²) in [6.07, 6.45) is 4.27. The fraction of sp³-hybridized carbons (Fsp3) is 0.353. The molecule has 2 aromatic heterocycles. The van der Waals surface area contributed by atoms with Crippen molar-refractivity contribution in [3.8, 4) is 5.75 Å². The van der Waals surface area contributed by atoms with E-state index in [2.05, 4.69) is 15.3 Å². The van der Waals surface area contributed by atoms with Crippen molar-refractivity contribution in [2.75, 3.05) is 7.11 Å². The summed E-state index contributed by atoms with van der Waals surface area (Å²) in [6.45, 7) is 0. The molecule has 0 aliphatic heterocycles. The Labute approximate surface area is 134 Å². The Bertz CT molecular complexity index is 672. The molecule has 6 nitrogen and oxygen atoms in total. The van der Waals surface area contributed by atoms with Gasteiger partial charge in [0.2, 0.25) is 0 Å². The van der Waals surface area contributed by atoms with E-state index in [0.717, 1.165) is 5.69 Å². The molecule has 2 heterocycles. The number of aromatic nitrogens is 2. The Hall–Kier alpha value is -2.47. The van der Waals surface area contributed by atoms with Gasteiger partial charge in [0.1, 0.15) is 11.4 Å². The zero-order valence-corrected chi connectivity index (χ0v) is 12.8. The van der Waals surface area contributed by atoms with Gasteiger partial charge in [-0.25, -0.2) is 0 Å². The summed E-state index contributed by atoms with van der Waals surface area (Å²) in [5.74, 6) is 0.481. The molecular weight excluding hydrogens is 294 g/mol. The molecule has 0 aromatic carbocycles. The van der Waals surface area contributed by atoms with Gasteiger partial charge in [-0.15, -0.1) is 0 Å². The molecule has 2 aromatic rings. The lowest BCUT2D eigenvalue weighted by atomic mass is 9.76. The van der Waals surface area contributed by atoms with Gasteiger partial charge in [0, 0.05) is 18.5 Å². The third-order valence-electron chi connectivity index (χ3n) is 4.11. The largest absolute Gasteiger partial charge is 0.497 e. The first-order valence-corrected chi connectivity index (χ1v) is 7.57. The van der Waals surface area contributed by atoms with Crippen molar-refractivity contribution in [2.45, 2.75) is 25.0 Å². The van der Waals surface area contributed by atoms with Crippen LogP contribution in [0.5, 0.6) is 5.75 Å². The number of methoxy groups -OCH3 is 1. The zero-order valence-electron chi connectivity index (χ0n) is 12.8. The second-order valence-corrected chi connectivity index (χ2v) is 5.67. The molecule has 0 radical (unpaired) electrons. The van der Waals surface area contributed by atoms with Crippen LogP contribution in [0.2, 0.25) is 0 Å². The number of carbonyl (C=O) groups is 1. The summed E-state index contributed by atoms with van der Waals surface area (Å²) >= 11 is 0. The van der Waals surface area contributed by atoms with Crippen molar-refractivity contribution < 1.29 is 14.6 Å². The van der Waals surface area contributed by atoms with Crippen LogP contribution in [0, 0.1) is 5.92 Å². The second kappa shape index (κ2) is 6.75. The summed E-state index contributed by atoms with van der Waals surface area (Å²) < 4.78 is 5.12. The zero-order chi connectivity index (χ0) is 16.2. The summed E-state index contributed by atoms with van der Waals surface area (Å²) in [7, 11) is 1.55. The molecule has 0 saturated heterocycles. The van der Waals surface area contributed by atoms with Crippen molar-refractivity contribution in [3.63, 3.8) is 0 Å². The molecule has 1 amide bonds. The molecule has 1 fully saturated rings. The third kappa shape index (κ3) is 3.48. The van der Waals surface area contributed by atoms with E-state index in [0.29, 0.717) is 24.3 Å². The minimum absolute atomic E-state index is 0.175. The molecule has 1 aliphatic carbocycles. The normalized spacial score (nSPS) is 21.1. The highest BCUT2D eigenvalue weighted by Gasteiger charge is 2.36. The van der Waals surface area contributed by atoms with Crippen LogP contribution in [0.15, 0.2) is 42.7 Å². The van der Waals surface area contributed by atoms with Gasteiger partial charge in [0.25, 0.3) is 5.91 Å². The Morgan fingerprint density at radius 2 is 2.13 bits per heavy atom. The summed E-state index contributed by atoms with van der Waals surface area (Å²) in [6, 6.07) is 8.66. The lowest BCUT2D eigenvalue weighted by Crippen LogP contribution is -2.42. The van der Waals surface area contributed by atoms with Gasteiger partial charge in [-0.1, -0.05) is 6.07 Å². The van der Waals surface area contributed by atoms with Gasteiger partial charge in [0.15, 0.2) is 0 Å². The maximum atomic E-state index is 12.5. The van der Waals surface area contributed by atoms with Gasteiger partial charge >= 0.3 is 0 Å². The smallest absolute Gasteiger partial charge is 0.270 e. The van der Waals surface area contributed by atoms with Crippen LogP contribution in [-0.4, -0.2) is 34.2 Å². The van der Waals surface area contributed by atoms with E-state index in [1.165, 1.54) is 6.20 Å². The number of amides is 1. The summed E-state index contributed by atoms with van der Waals surface area (Å²) in [4.78, 5) is 20.9. The molecule has 1 atom stereocenters. The summed E-state index contributed by atoms with van der Waals surface area (Å²) in [5.41, 5.74) is 1.09. The van der Waals surface area contributed by atoms with Crippen LogP contribution in [-0.2, 0) is 0 Å². The Kier molecular flexibility index (Phi) is 4.52. The van der Waals surface area contributed by atoms with Crippen molar-refractivity contribution in [3.05, 3.63) is 54.1 Å². The topological polar surface area (TPSA) is 84.3 Å². The van der Waals surface area contributed by atoms with E-state index in [9.17, 15) is 9.90 Å². The number of hydrogen-bond donors (Lipinski definition) is 2. The molecule has 1 aliphatic rings. The lowest BCUT2D eigenvalue weighted by Gasteiger charge is -2.37. The fourth-order valence-corrected chi connectivity index (χ4v) is 2.77. The maximum Gasteiger partial charge on any atom is 0.270 e. The first kappa shape index (κ1) is 15.4. The van der Waals surface area contributed by atoms with Crippen LogP contribution in [0.4, 0.5) is 0 Å². The number of aliphatic hydroxyl groups is 1. The number of pyridine rings is 2. The van der Waals surface area contributed by atoms with Gasteiger partial charge < -0.3 is 15.2 Å². The van der Waals surface area contributed by atoms with E-state index in [1.54, 1.807) is 25.4 Å². The molecule has 2 N–H and O–H groups in total.